The SMILES string of the molecule is N#C[C@@H]1C[C@@H]1c1ccc(CN2CCC(Nc3ncnc4sc(CC(F)(F)F)cc34)CC2)cc1. The van der Waals surface area contributed by atoms with Gasteiger partial charge in [-0.15, -0.1) is 11.3 Å². The Balaban J connectivity index is 1.16. The van der Waals surface area contributed by atoms with Crippen LogP contribution in [0.15, 0.2) is 36.7 Å². The van der Waals surface area contributed by atoms with Crippen molar-refractivity contribution in [3.8, 4) is 6.07 Å². The fourth-order valence-electron chi connectivity index (χ4n) is 4.57. The van der Waals surface area contributed by atoms with Crippen molar-refractivity contribution in [1.82, 2.24) is 14.9 Å². The van der Waals surface area contributed by atoms with Gasteiger partial charge in [-0.3, -0.25) is 4.90 Å². The molecule has 9 heteroatoms. The highest BCUT2D eigenvalue weighted by Gasteiger charge is 2.38. The molecule has 0 bridgehead atoms. The Labute approximate surface area is 194 Å². The molecule has 3 aromatic rings. The first-order chi connectivity index (χ1) is 15.9. The Morgan fingerprint density at radius 1 is 1.15 bits per heavy atom. The fraction of sp³-hybridized carbons (Fsp3) is 0.458. The van der Waals surface area contributed by atoms with Gasteiger partial charge in [0.05, 0.1) is 23.8 Å². The Morgan fingerprint density at radius 2 is 1.91 bits per heavy atom. The standard InChI is InChI=1S/C24H24F3N5S/c25-24(26,27)11-19-10-21-22(29-14-30-23(21)33-19)31-18-5-7-32(8-6-18)13-15-1-3-16(4-2-15)20-9-17(20)12-28/h1-4,10,14,17-18,20H,5-9,11,13H2,(H,29,30,31)/t17-,20+/m0/s1. The number of nitriles is 1. The molecule has 0 unspecified atom stereocenters. The second-order valence-corrected chi connectivity index (χ2v) is 10.1. The minimum atomic E-state index is -4.23. The molecule has 1 saturated carbocycles. The van der Waals surface area contributed by atoms with Crippen LogP contribution >= 0.6 is 11.3 Å². The molecule has 172 valence electrons. The van der Waals surface area contributed by atoms with Gasteiger partial charge in [0.25, 0.3) is 0 Å². The van der Waals surface area contributed by atoms with E-state index in [1.165, 1.54) is 17.5 Å². The molecule has 5 rings (SSSR count). The number of hydrogen-bond donors (Lipinski definition) is 1. The molecule has 5 nitrogen and oxygen atoms in total. The first-order valence-corrected chi connectivity index (χ1v) is 12.0. The van der Waals surface area contributed by atoms with E-state index in [4.69, 9.17) is 5.26 Å². The van der Waals surface area contributed by atoms with E-state index in [-0.39, 0.29) is 16.8 Å². The second kappa shape index (κ2) is 8.92. The van der Waals surface area contributed by atoms with Crippen LogP contribution in [0.3, 0.4) is 0 Å². The highest BCUT2D eigenvalue weighted by atomic mass is 32.1. The van der Waals surface area contributed by atoms with Crippen molar-refractivity contribution in [1.29, 1.82) is 5.26 Å². The number of aromatic nitrogens is 2. The third-order valence-electron chi connectivity index (χ3n) is 6.45. The van der Waals surface area contributed by atoms with Crippen LogP contribution in [-0.2, 0) is 13.0 Å². The molecular formula is C24H24F3N5S. The van der Waals surface area contributed by atoms with Crippen molar-refractivity contribution >= 4 is 27.4 Å². The number of nitrogens with zero attached hydrogens (tertiary/aromatic N) is 4. The van der Waals surface area contributed by atoms with Gasteiger partial charge in [0, 0.05) is 36.5 Å². The molecular weight excluding hydrogens is 447 g/mol. The lowest BCUT2D eigenvalue weighted by Crippen LogP contribution is -2.38. The van der Waals surface area contributed by atoms with E-state index >= 15 is 0 Å². The largest absolute Gasteiger partial charge is 0.393 e. The number of rotatable bonds is 6. The maximum Gasteiger partial charge on any atom is 0.393 e. The summed E-state index contributed by atoms with van der Waals surface area (Å²) < 4.78 is 38.3. The number of nitrogens with one attached hydrogen (secondary N) is 1. The van der Waals surface area contributed by atoms with Gasteiger partial charge in [-0.2, -0.15) is 18.4 Å². The number of anilines is 1. The van der Waals surface area contributed by atoms with Crippen LogP contribution in [0.2, 0.25) is 0 Å². The summed E-state index contributed by atoms with van der Waals surface area (Å²) >= 11 is 1.07. The summed E-state index contributed by atoms with van der Waals surface area (Å²) in [6.45, 7) is 2.77. The van der Waals surface area contributed by atoms with Crippen LogP contribution < -0.4 is 5.32 Å². The second-order valence-electron chi connectivity index (χ2n) is 8.96. The normalized spacial score (nSPS) is 21.8. The molecule has 2 fully saturated rings. The number of piperidine rings is 1. The molecule has 2 atom stereocenters. The third kappa shape index (κ3) is 5.28. The highest BCUT2D eigenvalue weighted by Crippen LogP contribution is 2.46. The van der Waals surface area contributed by atoms with Crippen LogP contribution in [0.25, 0.3) is 10.2 Å². The summed E-state index contributed by atoms with van der Waals surface area (Å²) in [4.78, 5) is 11.7. The van der Waals surface area contributed by atoms with E-state index in [0.29, 0.717) is 22.0 Å². The van der Waals surface area contributed by atoms with Crippen LogP contribution in [-0.4, -0.2) is 40.2 Å². The number of hydrogen-bond acceptors (Lipinski definition) is 6. The van der Waals surface area contributed by atoms with E-state index in [9.17, 15) is 13.2 Å². The molecule has 1 aromatic carbocycles. The van der Waals surface area contributed by atoms with Gasteiger partial charge in [0.15, 0.2) is 0 Å². The number of benzene rings is 1. The van der Waals surface area contributed by atoms with Crippen LogP contribution in [0.4, 0.5) is 19.0 Å². The third-order valence-corrected chi connectivity index (χ3v) is 7.50. The summed E-state index contributed by atoms with van der Waals surface area (Å²) in [5, 5.41) is 13.1. The van der Waals surface area contributed by atoms with Crippen molar-refractivity contribution in [3.63, 3.8) is 0 Å². The maximum atomic E-state index is 12.8. The zero-order valence-corrected chi connectivity index (χ0v) is 18.8. The number of alkyl halides is 3. The molecule has 1 aliphatic carbocycles. The molecule has 1 N–H and O–H groups in total. The predicted molar refractivity (Wildman–Crippen MR) is 122 cm³/mol. The van der Waals surface area contributed by atoms with E-state index in [1.807, 2.05) is 0 Å². The van der Waals surface area contributed by atoms with E-state index in [1.54, 1.807) is 6.07 Å². The number of likely N-dealkylation sites (tertiary alicyclic amines) is 1. The van der Waals surface area contributed by atoms with Gasteiger partial charge in [-0.1, -0.05) is 24.3 Å². The number of thiophene rings is 1. The van der Waals surface area contributed by atoms with E-state index in [0.717, 1.165) is 50.2 Å². The minimum Gasteiger partial charge on any atom is -0.367 e. The average Bonchev–Trinajstić information content (AvgIpc) is 3.46. The van der Waals surface area contributed by atoms with Crippen molar-refractivity contribution < 1.29 is 13.2 Å². The van der Waals surface area contributed by atoms with Gasteiger partial charge in [-0.05, 0) is 36.5 Å². The first-order valence-electron chi connectivity index (χ1n) is 11.2. The lowest BCUT2D eigenvalue weighted by molar-refractivity contribution is -0.126. The summed E-state index contributed by atoms with van der Waals surface area (Å²) in [5.41, 5.74) is 2.53. The molecule has 0 amide bonds. The van der Waals surface area contributed by atoms with Gasteiger partial charge in [0.1, 0.15) is 17.0 Å². The van der Waals surface area contributed by atoms with Gasteiger partial charge in [-0.25, -0.2) is 9.97 Å². The molecule has 3 heterocycles. The molecule has 33 heavy (non-hydrogen) atoms. The molecule has 2 aromatic heterocycles. The zero-order valence-electron chi connectivity index (χ0n) is 18.0. The monoisotopic (exact) mass is 471 g/mol. The average molecular weight is 472 g/mol. The molecule has 2 aliphatic rings. The number of fused-ring (bicyclic) bond motifs is 1. The maximum absolute atomic E-state index is 12.8. The Hall–Kier alpha value is -2.70. The summed E-state index contributed by atoms with van der Waals surface area (Å²) in [6, 6.07) is 12.8. The lowest BCUT2D eigenvalue weighted by Gasteiger charge is -2.32. The summed E-state index contributed by atoms with van der Waals surface area (Å²) in [5.74, 6) is 1.21. The molecule has 1 aliphatic heterocycles. The predicted octanol–water partition coefficient (Wildman–Crippen LogP) is 5.50. The van der Waals surface area contributed by atoms with E-state index in [2.05, 4.69) is 50.5 Å². The van der Waals surface area contributed by atoms with Crippen LogP contribution in [0.5, 0.6) is 0 Å². The quantitative estimate of drug-likeness (QED) is 0.514. The Kier molecular flexibility index (Phi) is 5.97. The molecule has 0 spiro atoms. The highest BCUT2D eigenvalue weighted by molar-refractivity contribution is 7.18. The summed E-state index contributed by atoms with van der Waals surface area (Å²) in [7, 11) is 0. The zero-order chi connectivity index (χ0) is 23.0. The fourth-order valence-corrected chi connectivity index (χ4v) is 5.59. The van der Waals surface area contributed by atoms with Gasteiger partial charge in [0.2, 0.25) is 0 Å². The van der Waals surface area contributed by atoms with Gasteiger partial charge < -0.3 is 5.32 Å². The van der Waals surface area contributed by atoms with E-state index < -0.39 is 12.6 Å². The molecule has 1 saturated heterocycles. The Bertz CT molecular complexity index is 1160. The first kappa shape index (κ1) is 22.1. The minimum absolute atomic E-state index is 0.184. The Morgan fingerprint density at radius 3 is 2.58 bits per heavy atom. The topological polar surface area (TPSA) is 64.8 Å². The van der Waals surface area contributed by atoms with Gasteiger partial charge >= 0.3 is 6.18 Å². The van der Waals surface area contributed by atoms with Crippen molar-refractivity contribution in [2.24, 2.45) is 5.92 Å². The van der Waals surface area contributed by atoms with Crippen molar-refractivity contribution in [2.45, 2.75) is 50.4 Å². The molecule has 0 radical (unpaired) electrons. The van der Waals surface area contributed by atoms with Crippen LogP contribution in [0, 0.1) is 17.2 Å². The van der Waals surface area contributed by atoms with Crippen molar-refractivity contribution in [3.05, 3.63) is 52.7 Å². The summed E-state index contributed by atoms with van der Waals surface area (Å²) in [6.07, 6.45) is -0.899. The van der Waals surface area contributed by atoms with Crippen molar-refractivity contribution in [2.75, 3.05) is 18.4 Å². The lowest BCUT2D eigenvalue weighted by atomic mass is 10.0. The van der Waals surface area contributed by atoms with Crippen LogP contribution in [0.1, 0.15) is 41.2 Å². The smallest absolute Gasteiger partial charge is 0.367 e. The number of halogens is 3.